The molecule has 0 saturated heterocycles. The standard InChI is InChI=1S/C12H14N2S/c1-8-4-3-5-10(6-8)12-11(7-13)14-9(2)15-12/h3-6H,7,13H2,1-2H3. The van der Waals surface area contributed by atoms with E-state index >= 15 is 0 Å². The third-order valence-corrected chi connectivity index (χ3v) is 3.34. The van der Waals surface area contributed by atoms with Crippen LogP contribution in [0.3, 0.4) is 0 Å². The SMILES string of the molecule is Cc1cccc(-c2sc(C)nc2CN)c1. The van der Waals surface area contributed by atoms with Crippen molar-refractivity contribution in [2.45, 2.75) is 20.4 Å². The summed E-state index contributed by atoms with van der Waals surface area (Å²) in [7, 11) is 0. The minimum atomic E-state index is 0.508. The van der Waals surface area contributed by atoms with E-state index in [0.29, 0.717) is 6.54 Å². The summed E-state index contributed by atoms with van der Waals surface area (Å²) in [5.74, 6) is 0. The van der Waals surface area contributed by atoms with E-state index in [9.17, 15) is 0 Å². The smallest absolute Gasteiger partial charge is 0.0904 e. The number of hydrogen-bond donors (Lipinski definition) is 1. The van der Waals surface area contributed by atoms with Crippen LogP contribution in [-0.4, -0.2) is 4.98 Å². The molecule has 0 aliphatic heterocycles. The van der Waals surface area contributed by atoms with Crippen LogP contribution in [0.15, 0.2) is 24.3 Å². The van der Waals surface area contributed by atoms with Gasteiger partial charge in [-0.1, -0.05) is 29.8 Å². The third kappa shape index (κ3) is 2.08. The number of nitrogens with two attached hydrogens (primary N) is 1. The highest BCUT2D eigenvalue weighted by Crippen LogP contribution is 2.30. The molecule has 0 amide bonds. The Bertz CT molecular complexity index is 474. The Kier molecular flexibility index (Phi) is 2.84. The maximum Gasteiger partial charge on any atom is 0.0904 e. The van der Waals surface area contributed by atoms with Crippen LogP contribution in [0.25, 0.3) is 10.4 Å². The second kappa shape index (κ2) is 4.13. The molecule has 0 aliphatic rings. The highest BCUT2D eigenvalue weighted by atomic mass is 32.1. The van der Waals surface area contributed by atoms with E-state index in [-0.39, 0.29) is 0 Å². The molecule has 0 bridgehead atoms. The molecule has 2 aromatic rings. The highest BCUT2D eigenvalue weighted by molar-refractivity contribution is 7.15. The molecule has 2 rings (SSSR count). The van der Waals surface area contributed by atoms with Gasteiger partial charge in [-0.2, -0.15) is 0 Å². The first-order valence-corrected chi connectivity index (χ1v) is 5.76. The first-order chi connectivity index (χ1) is 7.20. The van der Waals surface area contributed by atoms with Crippen molar-refractivity contribution in [1.82, 2.24) is 4.98 Å². The quantitative estimate of drug-likeness (QED) is 0.841. The lowest BCUT2D eigenvalue weighted by molar-refractivity contribution is 1.00. The fourth-order valence-corrected chi connectivity index (χ4v) is 2.56. The van der Waals surface area contributed by atoms with Crippen molar-refractivity contribution in [3.63, 3.8) is 0 Å². The molecule has 15 heavy (non-hydrogen) atoms. The fourth-order valence-electron chi connectivity index (χ4n) is 1.62. The Morgan fingerprint density at radius 2 is 2.13 bits per heavy atom. The maximum absolute atomic E-state index is 5.68. The van der Waals surface area contributed by atoms with Crippen LogP contribution in [0, 0.1) is 13.8 Å². The van der Waals surface area contributed by atoms with E-state index < -0.39 is 0 Å². The number of nitrogens with zero attached hydrogens (tertiary/aromatic N) is 1. The third-order valence-electron chi connectivity index (χ3n) is 2.28. The molecule has 0 aliphatic carbocycles. The molecule has 3 heteroatoms. The Morgan fingerprint density at radius 3 is 2.80 bits per heavy atom. The lowest BCUT2D eigenvalue weighted by Crippen LogP contribution is -1.98. The van der Waals surface area contributed by atoms with E-state index in [1.807, 2.05) is 6.92 Å². The predicted octanol–water partition coefficient (Wildman–Crippen LogP) is 2.89. The number of thiazole rings is 1. The van der Waals surface area contributed by atoms with Crippen LogP contribution >= 0.6 is 11.3 Å². The average Bonchev–Trinajstić information content (AvgIpc) is 2.59. The predicted molar refractivity (Wildman–Crippen MR) is 64.9 cm³/mol. The van der Waals surface area contributed by atoms with E-state index in [2.05, 4.69) is 36.2 Å². The summed E-state index contributed by atoms with van der Waals surface area (Å²) < 4.78 is 0. The fraction of sp³-hybridized carbons (Fsp3) is 0.250. The molecule has 2 N–H and O–H groups in total. The van der Waals surface area contributed by atoms with Gasteiger partial charge in [0.05, 0.1) is 15.6 Å². The van der Waals surface area contributed by atoms with Gasteiger partial charge in [-0.05, 0) is 19.4 Å². The van der Waals surface area contributed by atoms with Gasteiger partial charge in [-0.15, -0.1) is 11.3 Å². The van der Waals surface area contributed by atoms with Crippen molar-refractivity contribution in [3.8, 4) is 10.4 Å². The van der Waals surface area contributed by atoms with Crippen molar-refractivity contribution in [2.24, 2.45) is 5.73 Å². The van der Waals surface area contributed by atoms with Gasteiger partial charge in [0.15, 0.2) is 0 Å². The van der Waals surface area contributed by atoms with Gasteiger partial charge in [0.1, 0.15) is 0 Å². The van der Waals surface area contributed by atoms with Crippen molar-refractivity contribution in [2.75, 3.05) is 0 Å². The van der Waals surface area contributed by atoms with Gasteiger partial charge in [0.2, 0.25) is 0 Å². The summed E-state index contributed by atoms with van der Waals surface area (Å²) in [6, 6.07) is 8.45. The molecule has 0 fully saturated rings. The summed E-state index contributed by atoms with van der Waals surface area (Å²) in [4.78, 5) is 5.64. The van der Waals surface area contributed by atoms with E-state index in [1.165, 1.54) is 16.0 Å². The van der Waals surface area contributed by atoms with Crippen molar-refractivity contribution in [3.05, 3.63) is 40.5 Å². The van der Waals surface area contributed by atoms with Crippen LogP contribution in [0.4, 0.5) is 0 Å². The van der Waals surface area contributed by atoms with Crippen molar-refractivity contribution < 1.29 is 0 Å². The minimum absolute atomic E-state index is 0.508. The summed E-state index contributed by atoms with van der Waals surface area (Å²) in [5.41, 5.74) is 9.17. The van der Waals surface area contributed by atoms with Crippen LogP contribution in [0.2, 0.25) is 0 Å². The van der Waals surface area contributed by atoms with Gasteiger partial charge in [-0.3, -0.25) is 0 Å². The number of benzene rings is 1. The zero-order valence-electron chi connectivity index (χ0n) is 8.95. The molecule has 1 aromatic carbocycles. The first kappa shape index (κ1) is 10.3. The minimum Gasteiger partial charge on any atom is -0.325 e. The summed E-state index contributed by atoms with van der Waals surface area (Å²) in [6.45, 7) is 4.62. The molecule has 2 nitrogen and oxygen atoms in total. The first-order valence-electron chi connectivity index (χ1n) is 4.94. The molecule has 0 radical (unpaired) electrons. The van der Waals surface area contributed by atoms with Gasteiger partial charge in [0, 0.05) is 6.54 Å². The van der Waals surface area contributed by atoms with Crippen LogP contribution in [0.1, 0.15) is 16.3 Å². The van der Waals surface area contributed by atoms with Gasteiger partial charge in [0.25, 0.3) is 0 Å². The average molecular weight is 218 g/mol. The Labute approximate surface area is 93.8 Å². The van der Waals surface area contributed by atoms with Crippen LogP contribution in [-0.2, 0) is 6.54 Å². The summed E-state index contributed by atoms with van der Waals surface area (Å²) in [5, 5.41) is 1.08. The number of hydrogen-bond acceptors (Lipinski definition) is 3. The second-order valence-corrected chi connectivity index (χ2v) is 4.79. The molecule has 0 unspecified atom stereocenters. The molecule has 1 heterocycles. The van der Waals surface area contributed by atoms with Crippen LogP contribution < -0.4 is 5.73 Å². The van der Waals surface area contributed by atoms with E-state index in [4.69, 9.17) is 5.73 Å². The molecular formula is C12H14N2S. The topological polar surface area (TPSA) is 38.9 Å². The van der Waals surface area contributed by atoms with Gasteiger partial charge in [-0.25, -0.2) is 4.98 Å². The van der Waals surface area contributed by atoms with Gasteiger partial charge < -0.3 is 5.73 Å². The molecular weight excluding hydrogens is 204 g/mol. The monoisotopic (exact) mass is 218 g/mol. The highest BCUT2D eigenvalue weighted by Gasteiger charge is 2.09. The maximum atomic E-state index is 5.68. The molecule has 0 atom stereocenters. The van der Waals surface area contributed by atoms with E-state index in [1.54, 1.807) is 11.3 Å². The zero-order valence-corrected chi connectivity index (χ0v) is 9.77. The number of rotatable bonds is 2. The lowest BCUT2D eigenvalue weighted by Gasteiger charge is -2.01. The Hall–Kier alpha value is -1.19. The Balaban J connectivity index is 2.53. The number of aromatic nitrogens is 1. The molecule has 1 aromatic heterocycles. The van der Waals surface area contributed by atoms with Crippen LogP contribution in [0.5, 0.6) is 0 Å². The molecule has 78 valence electrons. The Morgan fingerprint density at radius 1 is 1.33 bits per heavy atom. The zero-order chi connectivity index (χ0) is 10.8. The summed E-state index contributed by atoms with van der Waals surface area (Å²) in [6.07, 6.45) is 0. The second-order valence-electron chi connectivity index (χ2n) is 3.58. The normalized spacial score (nSPS) is 10.6. The van der Waals surface area contributed by atoms with E-state index in [0.717, 1.165) is 10.7 Å². The number of aryl methyl sites for hydroxylation is 2. The van der Waals surface area contributed by atoms with Gasteiger partial charge >= 0.3 is 0 Å². The van der Waals surface area contributed by atoms with Crippen molar-refractivity contribution in [1.29, 1.82) is 0 Å². The van der Waals surface area contributed by atoms with Crippen molar-refractivity contribution >= 4 is 11.3 Å². The molecule has 0 saturated carbocycles. The molecule has 0 spiro atoms. The largest absolute Gasteiger partial charge is 0.325 e. The lowest BCUT2D eigenvalue weighted by atomic mass is 10.1. The summed E-state index contributed by atoms with van der Waals surface area (Å²) >= 11 is 1.71.